The highest BCUT2D eigenvalue weighted by Gasteiger charge is 2.22. The molecule has 3 heterocycles. The largest absolute Gasteiger partial charge is 0.467 e. The maximum atomic E-state index is 12.4. The number of rotatable bonds is 8. The van der Waals surface area contributed by atoms with E-state index in [1.165, 1.54) is 11.8 Å². The predicted molar refractivity (Wildman–Crippen MR) is 98.4 cm³/mol. The van der Waals surface area contributed by atoms with E-state index in [4.69, 9.17) is 8.83 Å². The topological polar surface area (TPSA) is 86.1 Å². The number of thioether (sulfide) groups is 1. The zero-order valence-electron chi connectivity index (χ0n) is 15.0. The molecule has 0 aromatic carbocycles. The van der Waals surface area contributed by atoms with Crippen LogP contribution in [0.15, 0.2) is 50.8 Å². The number of hydrogen-bond donors (Lipinski definition) is 1. The first-order chi connectivity index (χ1) is 12.5. The molecule has 3 rings (SSSR count). The third-order valence-electron chi connectivity index (χ3n) is 3.67. The highest BCUT2D eigenvalue weighted by Crippen LogP contribution is 2.28. The minimum atomic E-state index is -0.315. The van der Waals surface area contributed by atoms with Crippen LogP contribution in [0.25, 0.3) is 11.6 Å². The number of carbonyl (C=O) groups excluding carboxylic acids is 1. The van der Waals surface area contributed by atoms with E-state index in [2.05, 4.69) is 29.4 Å². The first-order valence-electron chi connectivity index (χ1n) is 8.48. The van der Waals surface area contributed by atoms with Crippen molar-refractivity contribution in [3.63, 3.8) is 0 Å². The smallest absolute Gasteiger partial charge is 0.233 e. The van der Waals surface area contributed by atoms with Gasteiger partial charge in [-0.25, -0.2) is 0 Å². The molecule has 26 heavy (non-hydrogen) atoms. The van der Waals surface area contributed by atoms with Crippen LogP contribution in [0.1, 0.15) is 26.5 Å². The molecule has 0 fully saturated rings. The quantitative estimate of drug-likeness (QED) is 0.607. The second-order valence-corrected chi connectivity index (χ2v) is 7.65. The van der Waals surface area contributed by atoms with Gasteiger partial charge in [-0.15, -0.1) is 10.2 Å². The molecule has 7 nitrogen and oxygen atoms in total. The summed E-state index contributed by atoms with van der Waals surface area (Å²) in [6.07, 6.45) is 3.20. The Morgan fingerprint density at radius 1 is 1.19 bits per heavy atom. The van der Waals surface area contributed by atoms with E-state index in [-0.39, 0.29) is 11.2 Å². The second kappa shape index (κ2) is 8.27. The summed E-state index contributed by atoms with van der Waals surface area (Å²) >= 11 is 1.38. The zero-order chi connectivity index (χ0) is 18.5. The molecular weight excluding hydrogens is 352 g/mol. The van der Waals surface area contributed by atoms with Gasteiger partial charge in [0.15, 0.2) is 16.7 Å². The molecule has 1 unspecified atom stereocenters. The summed E-state index contributed by atoms with van der Waals surface area (Å²) < 4.78 is 12.7. The van der Waals surface area contributed by atoms with Gasteiger partial charge in [-0.05, 0) is 37.1 Å². The fourth-order valence-corrected chi connectivity index (χ4v) is 3.32. The minimum absolute atomic E-state index is 0.0787. The summed E-state index contributed by atoms with van der Waals surface area (Å²) in [5, 5.41) is 11.8. The standard InChI is InChI=1S/C18H22N4O3S/c1-12(2)11-22-16(15-7-5-9-25-15)20-21-18(22)26-13(3)17(23)19-10-14-6-4-8-24-14/h4-9,12-13H,10-11H2,1-3H3,(H,19,23). The number of hydrogen-bond acceptors (Lipinski definition) is 6. The molecule has 1 amide bonds. The summed E-state index contributed by atoms with van der Waals surface area (Å²) in [6, 6.07) is 7.30. The van der Waals surface area contributed by atoms with Crippen molar-refractivity contribution in [2.24, 2.45) is 5.92 Å². The Balaban J connectivity index is 1.70. The Hall–Kier alpha value is -2.48. The van der Waals surface area contributed by atoms with Gasteiger partial charge in [-0.3, -0.25) is 9.36 Å². The molecule has 0 aliphatic rings. The number of nitrogens with zero attached hydrogens (tertiary/aromatic N) is 3. The van der Waals surface area contributed by atoms with Crippen LogP contribution in [0.2, 0.25) is 0 Å². The lowest BCUT2D eigenvalue weighted by Gasteiger charge is -2.14. The molecule has 0 radical (unpaired) electrons. The summed E-state index contributed by atoms with van der Waals surface area (Å²) in [4.78, 5) is 12.4. The number of amides is 1. The van der Waals surface area contributed by atoms with Crippen molar-refractivity contribution in [2.75, 3.05) is 0 Å². The molecule has 0 bridgehead atoms. The van der Waals surface area contributed by atoms with Crippen molar-refractivity contribution in [3.8, 4) is 11.6 Å². The van der Waals surface area contributed by atoms with Gasteiger partial charge in [0.2, 0.25) is 5.91 Å². The van der Waals surface area contributed by atoms with Gasteiger partial charge in [-0.2, -0.15) is 0 Å². The van der Waals surface area contributed by atoms with Gasteiger partial charge in [0.05, 0.1) is 24.3 Å². The van der Waals surface area contributed by atoms with Crippen LogP contribution < -0.4 is 5.32 Å². The van der Waals surface area contributed by atoms with Gasteiger partial charge >= 0.3 is 0 Å². The molecule has 1 N–H and O–H groups in total. The van der Waals surface area contributed by atoms with Gasteiger partial charge in [-0.1, -0.05) is 25.6 Å². The number of nitrogens with one attached hydrogen (secondary N) is 1. The van der Waals surface area contributed by atoms with Crippen LogP contribution in [0.5, 0.6) is 0 Å². The van der Waals surface area contributed by atoms with Crippen molar-refractivity contribution < 1.29 is 13.6 Å². The molecule has 0 saturated heterocycles. The van der Waals surface area contributed by atoms with E-state index in [0.717, 1.165) is 12.3 Å². The average Bonchev–Trinajstić information content (AvgIpc) is 3.34. The molecule has 138 valence electrons. The maximum absolute atomic E-state index is 12.4. The first-order valence-corrected chi connectivity index (χ1v) is 9.36. The molecule has 0 aliphatic heterocycles. The summed E-state index contributed by atoms with van der Waals surface area (Å²) in [5.41, 5.74) is 0. The van der Waals surface area contributed by atoms with Crippen LogP contribution in [0.3, 0.4) is 0 Å². The second-order valence-electron chi connectivity index (χ2n) is 6.35. The predicted octanol–water partition coefficient (Wildman–Crippen LogP) is 3.58. The molecule has 0 spiro atoms. The van der Waals surface area contributed by atoms with E-state index in [1.807, 2.05) is 29.7 Å². The fourth-order valence-electron chi connectivity index (χ4n) is 2.44. The van der Waals surface area contributed by atoms with E-state index >= 15 is 0 Å². The fraction of sp³-hybridized carbons (Fsp3) is 0.389. The van der Waals surface area contributed by atoms with Crippen molar-refractivity contribution >= 4 is 17.7 Å². The van der Waals surface area contributed by atoms with Crippen molar-refractivity contribution in [1.29, 1.82) is 0 Å². The first kappa shape index (κ1) is 18.3. The third kappa shape index (κ3) is 4.37. The van der Waals surface area contributed by atoms with Crippen LogP contribution in [-0.2, 0) is 17.9 Å². The Labute approximate surface area is 156 Å². The third-order valence-corrected chi connectivity index (χ3v) is 4.75. The molecular formula is C18H22N4O3S. The van der Waals surface area contributed by atoms with Crippen molar-refractivity contribution in [1.82, 2.24) is 20.1 Å². The highest BCUT2D eigenvalue weighted by molar-refractivity contribution is 8.00. The van der Waals surface area contributed by atoms with Gasteiger partial charge < -0.3 is 14.2 Å². The van der Waals surface area contributed by atoms with E-state index < -0.39 is 0 Å². The Morgan fingerprint density at radius 3 is 2.62 bits per heavy atom. The lowest BCUT2D eigenvalue weighted by atomic mass is 10.2. The van der Waals surface area contributed by atoms with Gasteiger partial charge in [0.25, 0.3) is 0 Å². The van der Waals surface area contributed by atoms with Crippen LogP contribution in [0.4, 0.5) is 0 Å². The Kier molecular flexibility index (Phi) is 5.82. The summed E-state index contributed by atoms with van der Waals surface area (Å²) in [5.74, 6) is 2.39. The zero-order valence-corrected chi connectivity index (χ0v) is 15.8. The Bertz CT molecular complexity index is 825. The Morgan fingerprint density at radius 2 is 1.96 bits per heavy atom. The maximum Gasteiger partial charge on any atom is 0.233 e. The molecule has 3 aromatic heterocycles. The normalized spacial score (nSPS) is 12.5. The molecule has 0 saturated carbocycles. The molecule has 0 aliphatic carbocycles. The van der Waals surface area contributed by atoms with Crippen LogP contribution in [-0.4, -0.2) is 25.9 Å². The molecule has 3 aromatic rings. The lowest BCUT2D eigenvalue weighted by Crippen LogP contribution is -2.30. The lowest BCUT2D eigenvalue weighted by molar-refractivity contribution is -0.120. The van der Waals surface area contributed by atoms with Crippen LogP contribution in [0, 0.1) is 5.92 Å². The van der Waals surface area contributed by atoms with Crippen molar-refractivity contribution in [3.05, 3.63) is 42.6 Å². The molecule has 1 atom stereocenters. The van der Waals surface area contributed by atoms with E-state index in [0.29, 0.717) is 29.2 Å². The van der Waals surface area contributed by atoms with E-state index in [9.17, 15) is 4.79 Å². The summed E-state index contributed by atoms with van der Waals surface area (Å²) in [6.45, 7) is 7.21. The molecule has 8 heteroatoms. The number of furan rings is 2. The monoisotopic (exact) mass is 374 g/mol. The van der Waals surface area contributed by atoms with Crippen LogP contribution >= 0.6 is 11.8 Å². The number of aromatic nitrogens is 3. The average molecular weight is 374 g/mol. The van der Waals surface area contributed by atoms with Crippen molar-refractivity contribution in [2.45, 2.75) is 44.3 Å². The minimum Gasteiger partial charge on any atom is -0.467 e. The van der Waals surface area contributed by atoms with Gasteiger partial charge in [0.1, 0.15) is 5.76 Å². The number of carbonyl (C=O) groups is 1. The highest BCUT2D eigenvalue weighted by atomic mass is 32.2. The summed E-state index contributed by atoms with van der Waals surface area (Å²) in [7, 11) is 0. The van der Waals surface area contributed by atoms with Gasteiger partial charge in [0, 0.05) is 6.54 Å². The van der Waals surface area contributed by atoms with E-state index in [1.54, 1.807) is 18.6 Å². The SMILES string of the molecule is CC(C)Cn1c(SC(C)C(=O)NCc2ccco2)nnc1-c1ccco1.